The van der Waals surface area contributed by atoms with Gasteiger partial charge in [0.15, 0.2) is 5.82 Å². The van der Waals surface area contributed by atoms with E-state index in [1.54, 1.807) is 19.0 Å². The van der Waals surface area contributed by atoms with Gasteiger partial charge in [-0.3, -0.25) is 19.5 Å². The first kappa shape index (κ1) is 19.3. The zero-order valence-corrected chi connectivity index (χ0v) is 16.8. The van der Waals surface area contributed by atoms with E-state index in [-0.39, 0.29) is 12.5 Å². The van der Waals surface area contributed by atoms with Crippen LogP contribution in [0.4, 0.5) is 5.82 Å². The molecule has 1 aromatic carbocycles. The van der Waals surface area contributed by atoms with Gasteiger partial charge >= 0.3 is 0 Å². The molecule has 0 saturated carbocycles. The minimum Gasteiger partial charge on any atom is -0.379 e. The van der Waals surface area contributed by atoms with Crippen LogP contribution in [0.5, 0.6) is 0 Å². The van der Waals surface area contributed by atoms with E-state index in [1.165, 1.54) is 0 Å². The van der Waals surface area contributed by atoms with E-state index in [0.29, 0.717) is 5.82 Å². The Labute approximate surface area is 168 Å². The Hall–Kier alpha value is -2.98. The number of aromatic nitrogens is 5. The van der Waals surface area contributed by atoms with Crippen molar-refractivity contribution in [3.05, 3.63) is 24.4 Å². The molecule has 2 N–H and O–H groups in total. The number of anilines is 1. The lowest BCUT2D eigenvalue weighted by atomic mass is 10.1. The largest absolute Gasteiger partial charge is 0.379 e. The van der Waals surface area contributed by atoms with Crippen molar-refractivity contribution >= 4 is 22.6 Å². The number of morpholine rings is 1. The van der Waals surface area contributed by atoms with Crippen LogP contribution in [0.1, 0.15) is 0 Å². The average Bonchev–Trinajstić information content (AvgIpc) is 3.37. The van der Waals surface area contributed by atoms with Crippen LogP contribution < -0.4 is 5.32 Å². The molecule has 1 aliphatic heterocycles. The number of nitrogens with one attached hydrogen (secondary N) is 2. The molecule has 1 amide bonds. The first-order chi connectivity index (χ1) is 14.1. The van der Waals surface area contributed by atoms with Crippen LogP contribution in [0.25, 0.3) is 22.2 Å². The van der Waals surface area contributed by atoms with Crippen LogP contribution in [0.2, 0.25) is 0 Å². The minimum absolute atomic E-state index is 0.0134. The van der Waals surface area contributed by atoms with Crippen LogP contribution in [-0.4, -0.2) is 94.4 Å². The van der Waals surface area contributed by atoms with Gasteiger partial charge in [0.25, 0.3) is 0 Å². The monoisotopic (exact) mass is 398 g/mol. The summed E-state index contributed by atoms with van der Waals surface area (Å²) in [4.78, 5) is 15.7. The van der Waals surface area contributed by atoms with E-state index in [2.05, 4.69) is 30.7 Å². The number of benzene rings is 1. The summed E-state index contributed by atoms with van der Waals surface area (Å²) < 4.78 is 7.26. The highest BCUT2D eigenvalue weighted by molar-refractivity contribution is 5.94. The molecular formula is C19H26N8O2. The van der Waals surface area contributed by atoms with Crippen LogP contribution in [0.3, 0.4) is 0 Å². The molecule has 29 heavy (non-hydrogen) atoms. The molecule has 10 nitrogen and oxygen atoms in total. The van der Waals surface area contributed by atoms with Gasteiger partial charge in [-0.05, 0) is 12.1 Å². The maximum atomic E-state index is 11.8. The summed E-state index contributed by atoms with van der Waals surface area (Å²) in [6.07, 6.45) is 1.96. The molecule has 0 spiro atoms. The van der Waals surface area contributed by atoms with Gasteiger partial charge in [0.2, 0.25) is 5.91 Å². The third-order valence-corrected chi connectivity index (χ3v) is 5.05. The van der Waals surface area contributed by atoms with Gasteiger partial charge in [0.05, 0.1) is 38.0 Å². The molecule has 0 atom stereocenters. The Morgan fingerprint density at radius 3 is 2.90 bits per heavy atom. The molecule has 0 radical (unpaired) electrons. The number of amides is 1. The fraction of sp³-hybridized carbons (Fsp3) is 0.474. The normalized spacial score (nSPS) is 15.0. The second kappa shape index (κ2) is 8.58. The fourth-order valence-corrected chi connectivity index (χ4v) is 3.23. The van der Waals surface area contributed by atoms with Crippen molar-refractivity contribution in [1.29, 1.82) is 0 Å². The molecule has 0 bridgehead atoms. The number of aromatic amines is 1. The quantitative estimate of drug-likeness (QED) is 0.602. The molecule has 3 aromatic rings. The van der Waals surface area contributed by atoms with Gasteiger partial charge in [-0.15, -0.1) is 5.10 Å². The van der Waals surface area contributed by atoms with E-state index in [1.807, 2.05) is 29.1 Å². The molecular weight excluding hydrogens is 372 g/mol. The molecule has 0 aliphatic carbocycles. The number of nitrogens with zero attached hydrogens (tertiary/aromatic N) is 6. The van der Waals surface area contributed by atoms with Gasteiger partial charge in [0, 0.05) is 44.7 Å². The predicted molar refractivity (Wildman–Crippen MR) is 110 cm³/mol. The summed E-state index contributed by atoms with van der Waals surface area (Å²) in [5.74, 6) is 0.636. The Bertz CT molecular complexity index is 974. The summed E-state index contributed by atoms with van der Waals surface area (Å²) >= 11 is 0. The lowest BCUT2D eigenvalue weighted by molar-refractivity contribution is -0.126. The summed E-state index contributed by atoms with van der Waals surface area (Å²) in [5, 5.41) is 19.9. The number of carbonyl (C=O) groups is 1. The van der Waals surface area contributed by atoms with Crippen molar-refractivity contribution < 1.29 is 9.53 Å². The maximum absolute atomic E-state index is 11.8. The molecule has 1 saturated heterocycles. The van der Waals surface area contributed by atoms with Gasteiger partial charge in [-0.2, -0.15) is 5.10 Å². The number of fused-ring (bicyclic) bond motifs is 1. The molecule has 1 fully saturated rings. The van der Waals surface area contributed by atoms with Crippen molar-refractivity contribution in [2.45, 2.75) is 6.54 Å². The second-order valence-electron chi connectivity index (χ2n) is 7.30. The van der Waals surface area contributed by atoms with Crippen molar-refractivity contribution in [1.82, 2.24) is 35.0 Å². The van der Waals surface area contributed by atoms with Crippen LogP contribution in [0, 0.1) is 0 Å². The topological polar surface area (TPSA) is 104 Å². The number of rotatable bonds is 7. The van der Waals surface area contributed by atoms with Crippen molar-refractivity contribution in [3.63, 3.8) is 0 Å². The van der Waals surface area contributed by atoms with Crippen LogP contribution >= 0.6 is 0 Å². The Morgan fingerprint density at radius 1 is 1.28 bits per heavy atom. The molecule has 0 unspecified atom stereocenters. The highest BCUT2D eigenvalue weighted by atomic mass is 16.5. The van der Waals surface area contributed by atoms with Crippen molar-refractivity contribution in [2.75, 3.05) is 58.8 Å². The second-order valence-corrected chi connectivity index (χ2v) is 7.30. The molecule has 154 valence electrons. The number of hydrogen-bond donors (Lipinski definition) is 2. The van der Waals surface area contributed by atoms with Crippen molar-refractivity contribution in [2.24, 2.45) is 0 Å². The molecule has 10 heteroatoms. The summed E-state index contributed by atoms with van der Waals surface area (Å²) in [7, 11) is 3.46. The Morgan fingerprint density at radius 2 is 2.10 bits per heavy atom. The van der Waals surface area contributed by atoms with E-state index in [4.69, 9.17) is 4.74 Å². The number of likely N-dealkylation sites (N-methyl/N-ethyl adjacent to an activating group) is 1. The molecule has 2 aromatic heterocycles. The third-order valence-electron chi connectivity index (χ3n) is 5.05. The van der Waals surface area contributed by atoms with E-state index in [9.17, 15) is 4.79 Å². The highest BCUT2D eigenvalue weighted by Gasteiger charge is 2.13. The lowest BCUT2D eigenvalue weighted by Crippen LogP contribution is -2.38. The fourth-order valence-electron chi connectivity index (χ4n) is 3.23. The Kier molecular flexibility index (Phi) is 5.72. The first-order valence-corrected chi connectivity index (χ1v) is 9.73. The maximum Gasteiger partial charge on any atom is 0.241 e. The standard InChI is InChI=1S/C19H26N8O2/c1-25(2)18(28)12-20-19-15-11-14(3-4-16(15)21-23-19)17-13-27(24-22-17)6-5-26-7-9-29-10-8-26/h3-4,11,13H,5-10,12H2,1-2H3,(H2,20,21,23). The number of hydrogen-bond acceptors (Lipinski definition) is 7. The predicted octanol–water partition coefficient (Wildman–Crippen LogP) is 0.654. The number of ether oxygens (including phenoxy) is 1. The summed E-state index contributed by atoms with van der Waals surface area (Å²) in [6.45, 7) is 5.43. The highest BCUT2D eigenvalue weighted by Crippen LogP contribution is 2.26. The van der Waals surface area contributed by atoms with E-state index in [0.717, 1.165) is 61.6 Å². The number of H-pyrrole nitrogens is 1. The smallest absolute Gasteiger partial charge is 0.241 e. The zero-order valence-electron chi connectivity index (χ0n) is 16.8. The van der Waals surface area contributed by atoms with Gasteiger partial charge in [-0.25, -0.2) is 0 Å². The minimum atomic E-state index is -0.0134. The Balaban J connectivity index is 1.45. The molecule has 1 aliphatic rings. The van der Waals surface area contributed by atoms with E-state index < -0.39 is 0 Å². The van der Waals surface area contributed by atoms with E-state index >= 15 is 0 Å². The number of carbonyl (C=O) groups excluding carboxylic acids is 1. The summed E-state index contributed by atoms with van der Waals surface area (Å²) in [5.41, 5.74) is 2.66. The van der Waals surface area contributed by atoms with Gasteiger partial charge < -0.3 is 15.0 Å². The molecule has 4 rings (SSSR count). The van der Waals surface area contributed by atoms with Crippen molar-refractivity contribution in [3.8, 4) is 11.3 Å². The van der Waals surface area contributed by atoms with Gasteiger partial charge in [-0.1, -0.05) is 11.3 Å². The SMILES string of the molecule is CN(C)C(=O)CNc1n[nH]c2ccc(-c3cn(CCN4CCOCC4)nn3)cc12. The molecule has 3 heterocycles. The third kappa shape index (κ3) is 4.54. The van der Waals surface area contributed by atoms with Gasteiger partial charge in [0.1, 0.15) is 5.69 Å². The first-order valence-electron chi connectivity index (χ1n) is 9.73. The zero-order chi connectivity index (χ0) is 20.2. The van der Waals surface area contributed by atoms with Crippen LogP contribution in [-0.2, 0) is 16.1 Å². The lowest BCUT2D eigenvalue weighted by Gasteiger charge is -2.26. The van der Waals surface area contributed by atoms with Crippen LogP contribution in [0.15, 0.2) is 24.4 Å². The summed E-state index contributed by atoms with van der Waals surface area (Å²) in [6, 6.07) is 5.96. The average molecular weight is 398 g/mol.